The van der Waals surface area contributed by atoms with Crippen molar-refractivity contribution >= 4 is 11.7 Å². The van der Waals surface area contributed by atoms with Crippen LogP contribution in [0.15, 0.2) is 29.4 Å². The average molecular weight is 267 g/mol. The first-order valence-corrected chi connectivity index (χ1v) is 5.89. The molecule has 0 spiro atoms. The second-order valence-corrected chi connectivity index (χ2v) is 4.71. The number of rotatable bonds is 5. The molecule has 0 atom stereocenters. The van der Waals surface area contributed by atoms with E-state index >= 15 is 0 Å². The zero-order chi connectivity index (χ0) is 14.5. The fraction of sp³-hybridized carbons (Fsp3) is 0.385. The second kappa shape index (κ2) is 6.17. The molecule has 1 aromatic rings. The summed E-state index contributed by atoms with van der Waals surface area (Å²) >= 11 is 0. The van der Waals surface area contributed by atoms with Gasteiger partial charge in [0, 0.05) is 6.54 Å². The summed E-state index contributed by atoms with van der Waals surface area (Å²) in [4.78, 5) is 11.9. The molecule has 0 aliphatic carbocycles. The maximum atomic E-state index is 13.3. The Morgan fingerprint density at radius 3 is 2.68 bits per heavy atom. The highest BCUT2D eigenvalue weighted by molar-refractivity contribution is 6.05. The van der Waals surface area contributed by atoms with Crippen molar-refractivity contribution in [2.45, 2.75) is 20.3 Å². The number of oxime groups is 1. The molecule has 0 saturated heterocycles. The summed E-state index contributed by atoms with van der Waals surface area (Å²) in [6.45, 7) is 3.36. The van der Waals surface area contributed by atoms with E-state index < -0.39 is 5.41 Å². The smallest absolute Gasteiger partial charge is 0.233 e. The van der Waals surface area contributed by atoms with Gasteiger partial charge in [-0.3, -0.25) is 4.79 Å². The molecule has 0 bridgehead atoms. The Morgan fingerprint density at radius 2 is 2.11 bits per heavy atom. The molecule has 1 rings (SSSR count). The Morgan fingerprint density at radius 1 is 1.47 bits per heavy atom. The van der Waals surface area contributed by atoms with Crippen molar-refractivity contribution in [2.24, 2.45) is 16.3 Å². The number of carbonyl (C=O) groups is 1. The molecule has 0 aromatic heterocycles. The number of nitrogens with one attached hydrogen (secondary N) is 1. The zero-order valence-corrected chi connectivity index (χ0v) is 11.0. The van der Waals surface area contributed by atoms with Crippen molar-refractivity contribution in [1.82, 2.24) is 5.32 Å². The highest BCUT2D eigenvalue weighted by Crippen LogP contribution is 2.15. The molecule has 104 valence electrons. The van der Waals surface area contributed by atoms with E-state index in [0.717, 1.165) is 0 Å². The SMILES string of the molecule is CC(C)(C(=O)NCCc1ccccc1F)C(N)=NO. The Kier molecular flexibility index (Phi) is 4.86. The van der Waals surface area contributed by atoms with Crippen molar-refractivity contribution < 1.29 is 14.4 Å². The Bertz CT molecular complexity index is 487. The van der Waals surface area contributed by atoms with Crippen LogP contribution in [0.25, 0.3) is 0 Å². The largest absolute Gasteiger partial charge is 0.409 e. The monoisotopic (exact) mass is 267 g/mol. The molecule has 1 aromatic carbocycles. The highest BCUT2D eigenvalue weighted by Gasteiger charge is 2.32. The van der Waals surface area contributed by atoms with Crippen LogP contribution in [0, 0.1) is 11.2 Å². The van der Waals surface area contributed by atoms with Gasteiger partial charge in [-0.05, 0) is 31.9 Å². The van der Waals surface area contributed by atoms with Crippen LogP contribution in [0.5, 0.6) is 0 Å². The summed E-state index contributed by atoms with van der Waals surface area (Å²) in [5, 5.41) is 14.1. The number of nitrogens with two attached hydrogens (primary N) is 1. The molecule has 4 N–H and O–H groups in total. The molecular weight excluding hydrogens is 249 g/mol. The predicted molar refractivity (Wildman–Crippen MR) is 70.3 cm³/mol. The van der Waals surface area contributed by atoms with E-state index in [1.54, 1.807) is 32.0 Å². The van der Waals surface area contributed by atoms with Gasteiger partial charge in [0.15, 0.2) is 5.84 Å². The van der Waals surface area contributed by atoms with E-state index in [1.165, 1.54) is 6.07 Å². The predicted octanol–water partition coefficient (Wildman–Crippen LogP) is 1.26. The quantitative estimate of drug-likeness (QED) is 0.325. The number of hydrogen-bond donors (Lipinski definition) is 3. The maximum Gasteiger partial charge on any atom is 0.233 e. The van der Waals surface area contributed by atoms with Crippen molar-refractivity contribution in [1.29, 1.82) is 0 Å². The Labute approximate surface area is 111 Å². The zero-order valence-electron chi connectivity index (χ0n) is 11.0. The molecule has 0 aliphatic heterocycles. The summed E-state index contributed by atoms with van der Waals surface area (Å²) in [5.41, 5.74) is 4.86. The lowest BCUT2D eigenvalue weighted by Crippen LogP contribution is -2.46. The lowest BCUT2D eigenvalue weighted by Gasteiger charge is -2.21. The summed E-state index contributed by atoms with van der Waals surface area (Å²) in [7, 11) is 0. The van der Waals surface area contributed by atoms with E-state index in [4.69, 9.17) is 10.9 Å². The van der Waals surface area contributed by atoms with E-state index in [1.807, 2.05) is 0 Å². The highest BCUT2D eigenvalue weighted by atomic mass is 19.1. The minimum atomic E-state index is -1.11. The van der Waals surface area contributed by atoms with Crippen LogP contribution >= 0.6 is 0 Å². The molecule has 1 amide bonds. The molecule has 5 nitrogen and oxygen atoms in total. The fourth-order valence-corrected chi connectivity index (χ4v) is 1.47. The van der Waals surface area contributed by atoms with Gasteiger partial charge in [0.1, 0.15) is 11.2 Å². The van der Waals surface area contributed by atoms with Crippen LogP contribution < -0.4 is 11.1 Å². The number of nitrogens with zero attached hydrogens (tertiary/aromatic N) is 1. The van der Waals surface area contributed by atoms with Crippen LogP contribution in [0.4, 0.5) is 4.39 Å². The van der Waals surface area contributed by atoms with Crippen LogP contribution in [-0.2, 0) is 11.2 Å². The molecule has 6 heteroatoms. The summed E-state index contributed by atoms with van der Waals surface area (Å²) in [6.07, 6.45) is 0.380. The third-order valence-electron chi connectivity index (χ3n) is 2.95. The Balaban J connectivity index is 2.55. The van der Waals surface area contributed by atoms with Gasteiger partial charge in [-0.25, -0.2) is 4.39 Å². The maximum absolute atomic E-state index is 13.3. The van der Waals surface area contributed by atoms with Crippen LogP contribution in [-0.4, -0.2) is 23.5 Å². The lowest BCUT2D eigenvalue weighted by atomic mass is 9.91. The molecule has 0 aliphatic rings. The minimum absolute atomic E-state index is 0.170. The second-order valence-electron chi connectivity index (χ2n) is 4.71. The van der Waals surface area contributed by atoms with E-state index in [0.29, 0.717) is 12.0 Å². The number of carbonyl (C=O) groups excluding carboxylic acids is 1. The summed E-state index contributed by atoms with van der Waals surface area (Å²) in [6, 6.07) is 6.38. The first-order chi connectivity index (χ1) is 8.89. The van der Waals surface area contributed by atoms with Crippen molar-refractivity contribution in [2.75, 3.05) is 6.54 Å². The average Bonchev–Trinajstić information content (AvgIpc) is 2.39. The third kappa shape index (κ3) is 3.67. The molecular formula is C13H18FN3O2. The third-order valence-corrected chi connectivity index (χ3v) is 2.95. The fourth-order valence-electron chi connectivity index (χ4n) is 1.47. The first-order valence-electron chi connectivity index (χ1n) is 5.89. The number of hydrogen-bond acceptors (Lipinski definition) is 3. The van der Waals surface area contributed by atoms with Crippen LogP contribution in [0.2, 0.25) is 0 Å². The number of amidine groups is 1. The number of halogens is 1. The molecule has 0 heterocycles. The van der Waals surface area contributed by atoms with Gasteiger partial charge in [-0.1, -0.05) is 23.4 Å². The molecule has 19 heavy (non-hydrogen) atoms. The minimum Gasteiger partial charge on any atom is -0.409 e. The van der Waals surface area contributed by atoms with Gasteiger partial charge in [-0.2, -0.15) is 0 Å². The normalized spacial score (nSPS) is 12.3. The van der Waals surface area contributed by atoms with Crippen molar-refractivity contribution in [3.63, 3.8) is 0 Å². The van der Waals surface area contributed by atoms with Gasteiger partial charge >= 0.3 is 0 Å². The molecule has 0 fully saturated rings. The standard InChI is InChI=1S/C13H18FN3O2/c1-13(2,11(15)17-19)12(18)16-8-7-9-5-3-4-6-10(9)14/h3-6,19H,7-8H2,1-2H3,(H2,15,17)(H,16,18). The Hall–Kier alpha value is -2.11. The van der Waals surface area contributed by atoms with Gasteiger partial charge in [0.25, 0.3) is 0 Å². The number of benzene rings is 1. The van der Waals surface area contributed by atoms with Gasteiger partial charge in [0.2, 0.25) is 5.91 Å². The molecule has 0 saturated carbocycles. The van der Waals surface area contributed by atoms with E-state index in [9.17, 15) is 9.18 Å². The summed E-state index contributed by atoms with van der Waals surface area (Å²) in [5.74, 6) is -0.845. The van der Waals surface area contributed by atoms with Gasteiger partial charge in [-0.15, -0.1) is 0 Å². The van der Waals surface area contributed by atoms with Crippen LogP contribution in [0.1, 0.15) is 19.4 Å². The van der Waals surface area contributed by atoms with Crippen molar-refractivity contribution in [3.05, 3.63) is 35.6 Å². The van der Waals surface area contributed by atoms with Crippen molar-refractivity contribution in [3.8, 4) is 0 Å². The molecule has 0 unspecified atom stereocenters. The number of amides is 1. The molecule has 0 radical (unpaired) electrons. The summed E-state index contributed by atoms with van der Waals surface area (Å²) < 4.78 is 13.3. The lowest BCUT2D eigenvalue weighted by molar-refractivity contribution is -0.126. The van der Waals surface area contributed by atoms with Crippen LogP contribution in [0.3, 0.4) is 0 Å². The van der Waals surface area contributed by atoms with E-state index in [2.05, 4.69) is 10.5 Å². The first kappa shape index (κ1) is 14.9. The van der Waals surface area contributed by atoms with Gasteiger partial charge in [0.05, 0.1) is 0 Å². The van der Waals surface area contributed by atoms with Gasteiger partial charge < -0.3 is 16.3 Å². The topological polar surface area (TPSA) is 87.7 Å². The van der Waals surface area contributed by atoms with E-state index in [-0.39, 0.29) is 24.1 Å².